The van der Waals surface area contributed by atoms with Crippen LogP contribution in [-0.4, -0.2) is 36.1 Å². The molecule has 0 aromatic carbocycles. The zero-order valence-corrected chi connectivity index (χ0v) is 14.2. The number of thiazole rings is 1. The van der Waals surface area contributed by atoms with E-state index in [9.17, 15) is 0 Å². The van der Waals surface area contributed by atoms with E-state index in [0.717, 1.165) is 19.5 Å². The molecule has 0 bridgehead atoms. The minimum Gasteiger partial charge on any atom is -0.316 e. The Morgan fingerprint density at radius 1 is 1.47 bits per heavy atom. The van der Waals surface area contributed by atoms with E-state index in [2.05, 4.69) is 29.6 Å². The van der Waals surface area contributed by atoms with Gasteiger partial charge in [0.2, 0.25) is 0 Å². The van der Waals surface area contributed by atoms with E-state index in [1.165, 1.54) is 36.5 Å². The third-order valence-corrected chi connectivity index (χ3v) is 4.32. The second-order valence-corrected chi connectivity index (χ2v) is 5.79. The van der Waals surface area contributed by atoms with E-state index < -0.39 is 0 Å². The standard InChI is InChI=1S/C13H23N3S.2ClH/c1-3-5-13-15-12(10-17-13)9-16-7-4-6-11(8-16)14-2;;/h10-11,14H,3-9H2,1-2H3;2*1H. The number of piperidine rings is 1. The summed E-state index contributed by atoms with van der Waals surface area (Å²) in [7, 11) is 2.07. The highest BCUT2D eigenvalue weighted by Gasteiger charge is 2.18. The third-order valence-electron chi connectivity index (χ3n) is 3.36. The van der Waals surface area contributed by atoms with Crippen LogP contribution < -0.4 is 5.32 Å². The lowest BCUT2D eigenvalue weighted by Gasteiger charge is -2.31. The van der Waals surface area contributed by atoms with Crippen molar-refractivity contribution in [2.45, 2.75) is 45.2 Å². The second kappa shape index (κ2) is 9.94. The van der Waals surface area contributed by atoms with Gasteiger partial charge in [0.25, 0.3) is 0 Å². The predicted octanol–water partition coefficient (Wildman–Crippen LogP) is 3.12. The van der Waals surface area contributed by atoms with Gasteiger partial charge in [0, 0.05) is 24.5 Å². The molecule has 0 amide bonds. The molecular weight excluding hydrogens is 301 g/mol. The highest BCUT2D eigenvalue weighted by Crippen LogP contribution is 2.16. The lowest BCUT2D eigenvalue weighted by atomic mass is 10.1. The number of likely N-dealkylation sites (N-methyl/N-ethyl adjacent to an activating group) is 1. The maximum atomic E-state index is 4.70. The average molecular weight is 326 g/mol. The predicted molar refractivity (Wildman–Crippen MR) is 88.0 cm³/mol. The molecule has 19 heavy (non-hydrogen) atoms. The molecule has 0 spiro atoms. The molecule has 1 fully saturated rings. The Labute approximate surface area is 133 Å². The van der Waals surface area contributed by atoms with E-state index >= 15 is 0 Å². The van der Waals surface area contributed by atoms with E-state index in [1.807, 2.05) is 11.3 Å². The van der Waals surface area contributed by atoms with Gasteiger partial charge in [-0.25, -0.2) is 4.98 Å². The van der Waals surface area contributed by atoms with Crippen molar-refractivity contribution in [2.75, 3.05) is 20.1 Å². The van der Waals surface area contributed by atoms with Gasteiger partial charge in [0.1, 0.15) is 0 Å². The van der Waals surface area contributed by atoms with E-state index in [-0.39, 0.29) is 24.8 Å². The van der Waals surface area contributed by atoms with Crippen LogP contribution in [0.2, 0.25) is 0 Å². The lowest BCUT2D eigenvalue weighted by Crippen LogP contribution is -2.43. The summed E-state index contributed by atoms with van der Waals surface area (Å²) in [5.74, 6) is 0. The Bertz CT molecular complexity index is 346. The Kier molecular flexibility index (Phi) is 10.0. The van der Waals surface area contributed by atoms with Gasteiger partial charge in [0.15, 0.2) is 0 Å². The number of rotatable bonds is 5. The van der Waals surface area contributed by atoms with Crippen LogP contribution in [0.25, 0.3) is 0 Å². The van der Waals surface area contributed by atoms with E-state index in [0.29, 0.717) is 6.04 Å². The fourth-order valence-corrected chi connectivity index (χ4v) is 3.31. The van der Waals surface area contributed by atoms with Gasteiger partial charge in [0.05, 0.1) is 10.7 Å². The van der Waals surface area contributed by atoms with E-state index in [4.69, 9.17) is 4.98 Å². The van der Waals surface area contributed by atoms with Crippen molar-refractivity contribution in [3.05, 3.63) is 16.1 Å². The van der Waals surface area contributed by atoms with Gasteiger partial charge in [-0.3, -0.25) is 4.90 Å². The maximum absolute atomic E-state index is 4.70. The van der Waals surface area contributed by atoms with Crippen molar-refractivity contribution in [2.24, 2.45) is 0 Å². The van der Waals surface area contributed by atoms with Crippen LogP contribution >= 0.6 is 36.2 Å². The first-order valence-corrected chi connectivity index (χ1v) is 7.52. The fraction of sp³-hybridized carbons (Fsp3) is 0.769. The van der Waals surface area contributed by atoms with Gasteiger partial charge < -0.3 is 5.32 Å². The normalized spacial score (nSPS) is 19.6. The van der Waals surface area contributed by atoms with Gasteiger partial charge in [-0.2, -0.15) is 0 Å². The maximum Gasteiger partial charge on any atom is 0.0928 e. The van der Waals surface area contributed by atoms with Crippen molar-refractivity contribution >= 4 is 36.2 Å². The first kappa shape index (κ1) is 19.1. The molecule has 112 valence electrons. The second-order valence-electron chi connectivity index (χ2n) is 4.85. The summed E-state index contributed by atoms with van der Waals surface area (Å²) in [5.41, 5.74) is 1.26. The topological polar surface area (TPSA) is 28.2 Å². The summed E-state index contributed by atoms with van der Waals surface area (Å²) >= 11 is 1.82. The average Bonchev–Trinajstić information content (AvgIpc) is 2.77. The SMILES string of the molecule is CCCc1nc(CN2CCCC(NC)C2)cs1.Cl.Cl. The molecule has 6 heteroatoms. The molecule has 1 saturated heterocycles. The molecule has 3 nitrogen and oxygen atoms in total. The lowest BCUT2D eigenvalue weighted by molar-refractivity contribution is 0.186. The van der Waals surface area contributed by atoms with Crippen molar-refractivity contribution < 1.29 is 0 Å². The molecule has 1 aromatic heterocycles. The highest BCUT2D eigenvalue weighted by atomic mass is 35.5. The van der Waals surface area contributed by atoms with Gasteiger partial charge in [-0.1, -0.05) is 6.92 Å². The van der Waals surface area contributed by atoms with Crippen molar-refractivity contribution in [1.82, 2.24) is 15.2 Å². The molecule has 1 unspecified atom stereocenters. The number of aryl methyl sites for hydroxylation is 1. The smallest absolute Gasteiger partial charge is 0.0928 e. The summed E-state index contributed by atoms with van der Waals surface area (Å²) in [6, 6.07) is 0.664. The summed E-state index contributed by atoms with van der Waals surface area (Å²) < 4.78 is 0. The first-order chi connectivity index (χ1) is 8.31. The third kappa shape index (κ3) is 5.96. The minimum absolute atomic E-state index is 0. The Hall–Kier alpha value is 0.130. The number of halogens is 2. The number of hydrogen-bond donors (Lipinski definition) is 1. The molecule has 1 aromatic rings. The largest absolute Gasteiger partial charge is 0.316 e. The molecule has 0 radical (unpaired) electrons. The molecule has 1 aliphatic heterocycles. The number of nitrogens with one attached hydrogen (secondary N) is 1. The molecule has 2 heterocycles. The summed E-state index contributed by atoms with van der Waals surface area (Å²) in [6.07, 6.45) is 4.94. The van der Waals surface area contributed by atoms with Gasteiger partial charge in [-0.05, 0) is 39.3 Å². The molecule has 1 atom stereocenters. The highest BCUT2D eigenvalue weighted by molar-refractivity contribution is 7.09. The number of nitrogens with zero attached hydrogens (tertiary/aromatic N) is 2. The fourth-order valence-electron chi connectivity index (χ4n) is 2.41. The van der Waals surface area contributed by atoms with Crippen LogP contribution in [0.3, 0.4) is 0 Å². The summed E-state index contributed by atoms with van der Waals surface area (Å²) in [4.78, 5) is 7.22. The molecular formula is C13H25Cl2N3S. The molecule has 1 N–H and O–H groups in total. The summed E-state index contributed by atoms with van der Waals surface area (Å²) in [5, 5.41) is 6.91. The van der Waals surface area contributed by atoms with Gasteiger partial charge in [-0.15, -0.1) is 36.2 Å². The first-order valence-electron chi connectivity index (χ1n) is 6.64. The minimum atomic E-state index is 0. The van der Waals surface area contributed by atoms with Crippen LogP contribution in [0.4, 0.5) is 0 Å². The Morgan fingerprint density at radius 2 is 2.26 bits per heavy atom. The van der Waals surface area contributed by atoms with Gasteiger partial charge >= 0.3 is 0 Å². The van der Waals surface area contributed by atoms with Crippen molar-refractivity contribution in [3.8, 4) is 0 Å². The number of hydrogen-bond acceptors (Lipinski definition) is 4. The van der Waals surface area contributed by atoms with Crippen LogP contribution in [0.15, 0.2) is 5.38 Å². The molecule has 0 saturated carbocycles. The molecule has 1 aliphatic rings. The molecule has 0 aliphatic carbocycles. The number of likely N-dealkylation sites (tertiary alicyclic amines) is 1. The van der Waals surface area contributed by atoms with Crippen LogP contribution in [0.1, 0.15) is 36.9 Å². The van der Waals surface area contributed by atoms with Crippen molar-refractivity contribution in [3.63, 3.8) is 0 Å². The Morgan fingerprint density at radius 3 is 2.95 bits per heavy atom. The van der Waals surface area contributed by atoms with E-state index in [1.54, 1.807) is 0 Å². The number of aromatic nitrogens is 1. The molecule has 2 rings (SSSR count). The van der Waals surface area contributed by atoms with Crippen LogP contribution in [0, 0.1) is 0 Å². The zero-order chi connectivity index (χ0) is 12.1. The zero-order valence-electron chi connectivity index (χ0n) is 11.7. The monoisotopic (exact) mass is 325 g/mol. The quantitative estimate of drug-likeness (QED) is 0.901. The summed E-state index contributed by atoms with van der Waals surface area (Å²) in [6.45, 7) is 5.62. The van der Waals surface area contributed by atoms with Crippen molar-refractivity contribution in [1.29, 1.82) is 0 Å². The van der Waals surface area contributed by atoms with Crippen LogP contribution in [0.5, 0.6) is 0 Å². The van der Waals surface area contributed by atoms with Crippen LogP contribution in [-0.2, 0) is 13.0 Å². The Balaban J connectivity index is 0.00000162.